The molecule has 4 heteroatoms. The van der Waals surface area contributed by atoms with E-state index in [-0.39, 0.29) is 20.8 Å². The van der Waals surface area contributed by atoms with Crippen LogP contribution in [0.4, 0.5) is 0 Å². The quantitative estimate of drug-likeness (QED) is 0.336. The van der Waals surface area contributed by atoms with Crippen molar-refractivity contribution in [3.8, 4) is 0 Å². The summed E-state index contributed by atoms with van der Waals surface area (Å²) in [7, 11) is 9.65. The number of nitrogens with zero attached hydrogens (tertiary/aromatic N) is 1. The molecule has 31 heavy (non-hydrogen) atoms. The second-order valence-electron chi connectivity index (χ2n) is 11.4. The second kappa shape index (κ2) is 13.8. The summed E-state index contributed by atoms with van der Waals surface area (Å²) >= 11 is -0.181. The Morgan fingerprint density at radius 1 is 0.613 bits per heavy atom. The van der Waals surface area contributed by atoms with E-state index in [0.29, 0.717) is 0 Å². The van der Waals surface area contributed by atoms with Gasteiger partial charge in [-0.15, -0.1) is 12.6 Å². The van der Waals surface area contributed by atoms with Crippen LogP contribution in [0.5, 0.6) is 0 Å². The van der Waals surface area contributed by atoms with Gasteiger partial charge in [0.25, 0.3) is 0 Å². The van der Waals surface area contributed by atoms with E-state index < -0.39 is 0 Å². The van der Waals surface area contributed by atoms with Crippen molar-refractivity contribution in [3.63, 3.8) is 0 Å². The first-order valence-electron chi connectivity index (χ1n) is 13.4. The number of halogens is 2. The molecular formula is C27H47Cl2CrN-2. The first-order chi connectivity index (χ1) is 14.8. The number of rotatable bonds is 4. The molecule has 0 bridgehead atoms. The summed E-state index contributed by atoms with van der Waals surface area (Å²) in [4.78, 5) is 0. The fourth-order valence-electron chi connectivity index (χ4n) is 8.79. The van der Waals surface area contributed by atoms with Crippen LogP contribution in [0, 0.1) is 48.9 Å². The van der Waals surface area contributed by atoms with Crippen LogP contribution in [0.2, 0.25) is 0 Å². The van der Waals surface area contributed by atoms with Gasteiger partial charge in [-0.1, -0.05) is 77.0 Å². The maximum absolute atomic E-state index is 5.03. The van der Waals surface area contributed by atoms with Crippen molar-refractivity contribution in [2.24, 2.45) is 41.4 Å². The SMILES string of the molecule is C1CCC(CC2CC(CC3CCCC4CCCCC43)C3CCCCC23)[N-]C1.[CH3-].[Cl][Cr][Cl]. The van der Waals surface area contributed by atoms with Gasteiger partial charge in [-0.3, -0.25) is 0 Å². The Bertz CT molecular complexity index is 496. The zero-order valence-electron chi connectivity index (χ0n) is 20.0. The molecule has 8 unspecified atom stereocenters. The van der Waals surface area contributed by atoms with Gasteiger partial charge in [0.1, 0.15) is 0 Å². The van der Waals surface area contributed by atoms with Gasteiger partial charge in [-0.05, 0) is 73.5 Å². The molecule has 0 aromatic carbocycles. The summed E-state index contributed by atoms with van der Waals surface area (Å²) in [6.07, 6.45) is 26.1. The third-order valence-corrected chi connectivity index (χ3v) is 9.93. The van der Waals surface area contributed by atoms with E-state index in [1.54, 1.807) is 64.2 Å². The van der Waals surface area contributed by atoms with Crippen LogP contribution >= 0.6 is 20.1 Å². The zero-order chi connectivity index (χ0) is 20.8. The minimum absolute atomic E-state index is 0. The van der Waals surface area contributed by atoms with Gasteiger partial charge in [0, 0.05) is 0 Å². The Labute approximate surface area is 208 Å². The van der Waals surface area contributed by atoms with Crippen molar-refractivity contribution in [1.29, 1.82) is 0 Å². The van der Waals surface area contributed by atoms with Crippen LogP contribution < -0.4 is 0 Å². The van der Waals surface area contributed by atoms with E-state index in [1.807, 2.05) is 0 Å². The molecule has 1 aliphatic heterocycles. The van der Waals surface area contributed by atoms with Gasteiger partial charge in [0.2, 0.25) is 0 Å². The Balaban J connectivity index is 0.000000645. The van der Waals surface area contributed by atoms with Gasteiger partial charge in [0.05, 0.1) is 0 Å². The van der Waals surface area contributed by atoms with E-state index >= 15 is 0 Å². The second-order valence-corrected chi connectivity index (χ2v) is 13.5. The van der Waals surface area contributed by atoms with E-state index in [1.165, 1.54) is 51.5 Å². The number of fused-ring (bicyclic) bond motifs is 2. The Morgan fingerprint density at radius 3 is 1.87 bits per heavy atom. The Morgan fingerprint density at radius 2 is 1.19 bits per heavy atom. The molecule has 0 amide bonds. The average molecular weight is 509 g/mol. The molecule has 1 heterocycles. The van der Waals surface area contributed by atoms with Crippen LogP contribution in [0.1, 0.15) is 109 Å². The van der Waals surface area contributed by atoms with Gasteiger partial charge in [-0.25, -0.2) is 0 Å². The van der Waals surface area contributed by atoms with Crippen molar-refractivity contribution >= 4 is 20.1 Å². The van der Waals surface area contributed by atoms with E-state index in [0.717, 1.165) is 47.5 Å². The molecule has 5 rings (SSSR count). The van der Waals surface area contributed by atoms with E-state index in [9.17, 15) is 0 Å². The molecule has 5 aliphatic rings. The number of hydrogen-bond donors (Lipinski definition) is 0. The van der Waals surface area contributed by atoms with Crippen LogP contribution in [-0.4, -0.2) is 12.6 Å². The standard InChI is InChI=1S/C26H44N.CH3.2ClH.Cr/c1-2-12-24-19(8-1)9-7-10-20(24)16-21-17-22(18-23-11-5-6-15-27-23)26-14-4-3-13-25(21)26;;;;/h19-26H,1-18H2;1H3;2*1H;/q2*-1;;;+2/p-2. The molecule has 182 valence electrons. The summed E-state index contributed by atoms with van der Waals surface area (Å²) in [6.45, 7) is 1.17. The predicted molar refractivity (Wildman–Crippen MR) is 133 cm³/mol. The van der Waals surface area contributed by atoms with Gasteiger partial charge in [-0.2, -0.15) is 0 Å². The number of piperidine rings is 1. The van der Waals surface area contributed by atoms with Crippen molar-refractivity contribution in [2.45, 2.75) is 115 Å². The Kier molecular flexibility index (Phi) is 11.9. The molecule has 1 nitrogen and oxygen atoms in total. The molecule has 4 aliphatic carbocycles. The number of hydrogen-bond acceptors (Lipinski definition) is 0. The third-order valence-electron chi connectivity index (χ3n) is 9.93. The zero-order valence-corrected chi connectivity index (χ0v) is 22.7. The van der Waals surface area contributed by atoms with E-state index in [4.69, 9.17) is 25.4 Å². The molecule has 1 saturated heterocycles. The fraction of sp³-hybridized carbons (Fsp3) is 0.963. The Hall–Kier alpha value is 1.07. The molecule has 0 aromatic rings. The van der Waals surface area contributed by atoms with Gasteiger partial charge in [0.15, 0.2) is 0 Å². The minimum atomic E-state index is -0.181. The van der Waals surface area contributed by atoms with Crippen LogP contribution in [0.25, 0.3) is 5.32 Å². The maximum atomic E-state index is 5.03. The van der Waals surface area contributed by atoms with Crippen LogP contribution in [0.3, 0.4) is 0 Å². The first-order valence-corrected chi connectivity index (χ1v) is 16.9. The van der Waals surface area contributed by atoms with Crippen LogP contribution in [0.15, 0.2) is 0 Å². The predicted octanol–water partition coefficient (Wildman–Crippen LogP) is 9.57. The van der Waals surface area contributed by atoms with Crippen molar-refractivity contribution in [2.75, 3.05) is 6.54 Å². The monoisotopic (exact) mass is 507 g/mol. The van der Waals surface area contributed by atoms with Gasteiger partial charge >= 0.3 is 33.5 Å². The molecular weight excluding hydrogens is 461 g/mol. The molecule has 5 fully saturated rings. The summed E-state index contributed by atoms with van der Waals surface area (Å²) in [6, 6.07) is 0.738. The fourth-order valence-corrected chi connectivity index (χ4v) is 8.79. The topological polar surface area (TPSA) is 14.1 Å². The average Bonchev–Trinajstić information content (AvgIpc) is 3.13. The first kappa shape index (κ1) is 26.7. The summed E-state index contributed by atoms with van der Waals surface area (Å²) in [5.74, 6) is 7.69. The third kappa shape index (κ3) is 7.04. The van der Waals surface area contributed by atoms with Crippen molar-refractivity contribution in [1.82, 2.24) is 0 Å². The van der Waals surface area contributed by atoms with Gasteiger partial charge < -0.3 is 12.7 Å². The molecule has 0 N–H and O–H groups in total. The normalized spacial score (nSPS) is 42.4. The molecule has 0 radical (unpaired) electrons. The molecule has 4 saturated carbocycles. The molecule has 0 spiro atoms. The van der Waals surface area contributed by atoms with Crippen molar-refractivity contribution in [3.05, 3.63) is 12.7 Å². The summed E-state index contributed by atoms with van der Waals surface area (Å²) in [5.41, 5.74) is 0. The molecule has 8 atom stereocenters. The summed E-state index contributed by atoms with van der Waals surface area (Å²) < 4.78 is 0. The van der Waals surface area contributed by atoms with E-state index in [2.05, 4.69) is 0 Å². The summed E-state index contributed by atoms with van der Waals surface area (Å²) in [5, 5.41) is 5.03. The molecule has 0 aromatic heterocycles. The van der Waals surface area contributed by atoms with Crippen LogP contribution in [-0.2, 0) is 13.4 Å². The van der Waals surface area contributed by atoms with Crippen molar-refractivity contribution < 1.29 is 13.4 Å².